The molecule has 5 heteroatoms. The quantitative estimate of drug-likeness (QED) is 0.617. The van der Waals surface area contributed by atoms with Crippen LogP contribution in [0.3, 0.4) is 0 Å². The Bertz CT molecular complexity index is 801. The molecule has 3 aromatic rings. The van der Waals surface area contributed by atoms with E-state index in [1.165, 1.54) is 11.1 Å². The van der Waals surface area contributed by atoms with Crippen LogP contribution in [0.4, 0.5) is 0 Å². The third kappa shape index (κ3) is 3.97. The zero-order valence-electron chi connectivity index (χ0n) is 14.1. The van der Waals surface area contributed by atoms with Crippen LogP contribution in [0.25, 0.3) is 0 Å². The van der Waals surface area contributed by atoms with Gasteiger partial charge in [-0.25, -0.2) is 0 Å². The lowest BCUT2D eigenvalue weighted by Gasteiger charge is -2.14. The van der Waals surface area contributed by atoms with E-state index >= 15 is 0 Å². The highest BCUT2D eigenvalue weighted by atomic mass is 32.2. The van der Waals surface area contributed by atoms with Crippen molar-refractivity contribution in [3.05, 3.63) is 71.5 Å². The summed E-state index contributed by atoms with van der Waals surface area (Å²) in [6.45, 7) is 4.10. The third-order valence-electron chi connectivity index (χ3n) is 3.74. The molecule has 0 spiro atoms. The Morgan fingerprint density at radius 2 is 1.88 bits per heavy atom. The van der Waals surface area contributed by atoms with Gasteiger partial charge in [-0.1, -0.05) is 59.8 Å². The molecule has 0 aliphatic carbocycles. The maximum Gasteiger partial charge on any atom is 0.191 e. The fourth-order valence-electron chi connectivity index (χ4n) is 2.51. The van der Waals surface area contributed by atoms with Gasteiger partial charge < -0.3 is 9.30 Å². The van der Waals surface area contributed by atoms with Gasteiger partial charge in [0.15, 0.2) is 17.1 Å². The minimum Gasteiger partial charge on any atom is -0.483 e. The van der Waals surface area contributed by atoms with Crippen LogP contribution in [0.2, 0.25) is 0 Å². The smallest absolute Gasteiger partial charge is 0.191 e. The summed E-state index contributed by atoms with van der Waals surface area (Å²) in [6.07, 6.45) is -0.154. The standard InChI is InChI=1S/C19H21N3OS/c1-14-8-7-9-16(12-14)13-24-19-21-20-18(22(19)3)15(2)23-17-10-5-4-6-11-17/h4-12,15H,13H2,1-3H3/t15-/m1/s1. The summed E-state index contributed by atoms with van der Waals surface area (Å²) in [5, 5.41) is 9.52. The average Bonchev–Trinajstić information content (AvgIpc) is 2.95. The number of ether oxygens (including phenoxy) is 1. The second kappa shape index (κ2) is 7.53. The van der Waals surface area contributed by atoms with E-state index in [1.807, 2.05) is 48.9 Å². The molecule has 0 bridgehead atoms. The van der Waals surface area contributed by atoms with Crippen molar-refractivity contribution in [2.45, 2.75) is 30.9 Å². The molecule has 0 saturated carbocycles. The summed E-state index contributed by atoms with van der Waals surface area (Å²) in [7, 11) is 1.98. The normalized spacial score (nSPS) is 12.1. The predicted molar refractivity (Wildman–Crippen MR) is 97.2 cm³/mol. The maximum absolute atomic E-state index is 5.94. The fourth-order valence-corrected chi connectivity index (χ4v) is 3.37. The Morgan fingerprint density at radius 1 is 1.08 bits per heavy atom. The van der Waals surface area contributed by atoms with Crippen molar-refractivity contribution < 1.29 is 4.74 Å². The molecular formula is C19H21N3OS. The van der Waals surface area contributed by atoms with Crippen LogP contribution in [0.5, 0.6) is 5.75 Å². The van der Waals surface area contributed by atoms with E-state index in [0.717, 1.165) is 22.5 Å². The number of hydrogen-bond donors (Lipinski definition) is 0. The van der Waals surface area contributed by atoms with Gasteiger partial charge in [0.1, 0.15) is 5.75 Å². The highest BCUT2D eigenvalue weighted by Crippen LogP contribution is 2.25. The van der Waals surface area contributed by atoms with Crippen LogP contribution in [-0.4, -0.2) is 14.8 Å². The number of para-hydroxylation sites is 1. The molecule has 2 aromatic carbocycles. The minimum absolute atomic E-state index is 0.154. The molecule has 1 heterocycles. The minimum atomic E-state index is -0.154. The van der Waals surface area contributed by atoms with Crippen molar-refractivity contribution in [1.82, 2.24) is 14.8 Å². The summed E-state index contributed by atoms with van der Waals surface area (Å²) in [4.78, 5) is 0. The summed E-state index contributed by atoms with van der Waals surface area (Å²) in [6, 6.07) is 18.3. The van der Waals surface area contributed by atoms with E-state index in [-0.39, 0.29) is 6.10 Å². The Labute approximate surface area is 146 Å². The van der Waals surface area contributed by atoms with Crippen molar-refractivity contribution in [3.63, 3.8) is 0 Å². The number of aryl methyl sites for hydroxylation is 1. The second-order valence-corrected chi connectivity index (χ2v) is 6.69. The molecule has 0 amide bonds. The first-order valence-corrected chi connectivity index (χ1v) is 8.91. The number of thioether (sulfide) groups is 1. The van der Waals surface area contributed by atoms with E-state index < -0.39 is 0 Å². The van der Waals surface area contributed by atoms with Crippen LogP contribution in [0.15, 0.2) is 59.8 Å². The van der Waals surface area contributed by atoms with Gasteiger partial charge >= 0.3 is 0 Å². The van der Waals surface area contributed by atoms with Crippen LogP contribution in [0, 0.1) is 6.92 Å². The maximum atomic E-state index is 5.94. The largest absolute Gasteiger partial charge is 0.483 e. The number of benzene rings is 2. The molecule has 0 aliphatic heterocycles. The van der Waals surface area contributed by atoms with E-state index in [4.69, 9.17) is 4.74 Å². The summed E-state index contributed by atoms with van der Waals surface area (Å²) >= 11 is 1.69. The Balaban J connectivity index is 1.67. The van der Waals surface area contributed by atoms with Crippen LogP contribution >= 0.6 is 11.8 Å². The summed E-state index contributed by atoms with van der Waals surface area (Å²) in [5.74, 6) is 2.54. The molecule has 0 saturated heterocycles. The van der Waals surface area contributed by atoms with Gasteiger partial charge in [0, 0.05) is 12.8 Å². The first-order valence-electron chi connectivity index (χ1n) is 7.93. The van der Waals surface area contributed by atoms with Gasteiger partial charge in [-0.15, -0.1) is 10.2 Å². The average molecular weight is 339 g/mol. The second-order valence-electron chi connectivity index (χ2n) is 5.75. The molecule has 0 fully saturated rings. The molecule has 4 nitrogen and oxygen atoms in total. The zero-order chi connectivity index (χ0) is 16.9. The molecule has 0 N–H and O–H groups in total. The van der Waals surface area contributed by atoms with Gasteiger partial charge in [0.25, 0.3) is 0 Å². The molecule has 0 radical (unpaired) electrons. The molecule has 3 rings (SSSR count). The van der Waals surface area contributed by atoms with E-state index in [0.29, 0.717) is 0 Å². The monoisotopic (exact) mass is 339 g/mol. The van der Waals surface area contributed by atoms with E-state index in [2.05, 4.69) is 41.4 Å². The van der Waals surface area contributed by atoms with Gasteiger partial charge in [-0.05, 0) is 31.5 Å². The molecule has 24 heavy (non-hydrogen) atoms. The van der Waals surface area contributed by atoms with Crippen LogP contribution in [-0.2, 0) is 12.8 Å². The summed E-state index contributed by atoms with van der Waals surface area (Å²) < 4.78 is 7.95. The lowest BCUT2D eigenvalue weighted by molar-refractivity contribution is 0.211. The van der Waals surface area contributed by atoms with Crippen molar-refractivity contribution in [2.24, 2.45) is 7.05 Å². The predicted octanol–water partition coefficient (Wildman–Crippen LogP) is 4.56. The lowest BCUT2D eigenvalue weighted by atomic mass is 10.2. The topological polar surface area (TPSA) is 39.9 Å². The van der Waals surface area contributed by atoms with Gasteiger partial charge in [0.05, 0.1) is 0 Å². The van der Waals surface area contributed by atoms with Crippen molar-refractivity contribution in [3.8, 4) is 5.75 Å². The highest BCUT2D eigenvalue weighted by molar-refractivity contribution is 7.98. The summed E-state index contributed by atoms with van der Waals surface area (Å²) in [5.41, 5.74) is 2.56. The first kappa shape index (κ1) is 16.6. The first-order chi connectivity index (χ1) is 11.6. The van der Waals surface area contributed by atoms with E-state index in [1.54, 1.807) is 11.8 Å². The molecule has 1 atom stereocenters. The molecule has 0 aliphatic rings. The molecule has 1 aromatic heterocycles. The van der Waals surface area contributed by atoms with E-state index in [9.17, 15) is 0 Å². The molecule has 0 unspecified atom stereocenters. The number of nitrogens with zero attached hydrogens (tertiary/aromatic N) is 3. The van der Waals surface area contributed by atoms with Crippen molar-refractivity contribution >= 4 is 11.8 Å². The number of rotatable bonds is 6. The van der Waals surface area contributed by atoms with Crippen LogP contribution in [0.1, 0.15) is 30.0 Å². The highest BCUT2D eigenvalue weighted by Gasteiger charge is 2.17. The molecular weight excluding hydrogens is 318 g/mol. The SMILES string of the molecule is Cc1cccc(CSc2nnc([C@@H](C)Oc3ccccc3)n2C)c1. The van der Waals surface area contributed by atoms with Gasteiger partial charge in [-0.3, -0.25) is 0 Å². The van der Waals surface area contributed by atoms with Gasteiger partial charge in [-0.2, -0.15) is 0 Å². The number of aromatic nitrogens is 3. The van der Waals surface area contributed by atoms with Gasteiger partial charge in [0.2, 0.25) is 0 Å². The molecule has 124 valence electrons. The third-order valence-corrected chi connectivity index (χ3v) is 4.83. The zero-order valence-corrected chi connectivity index (χ0v) is 15.0. The Morgan fingerprint density at radius 3 is 2.62 bits per heavy atom. The Hall–Kier alpha value is -2.27. The lowest BCUT2D eigenvalue weighted by Crippen LogP contribution is -2.10. The Kier molecular flexibility index (Phi) is 5.20. The van der Waals surface area contributed by atoms with Crippen LogP contribution < -0.4 is 4.74 Å². The fraction of sp³-hybridized carbons (Fsp3) is 0.263. The van der Waals surface area contributed by atoms with Crippen molar-refractivity contribution in [2.75, 3.05) is 0 Å². The van der Waals surface area contributed by atoms with Crippen molar-refractivity contribution in [1.29, 1.82) is 0 Å². The number of hydrogen-bond acceptors (Lipinski definition) is 4.